The van der Waals surface area contributed by atoms with Crippen LogP contribution >= 0.6 is 0 Å². The van der Waals surface area contributed by atoms with Crippen molar-refractivity contribution in [3.05, 3.63) is 29.6 Å². The minimum absolute atomic E-state index is 0.0700. The Balaban J connectivity index is 2.38. The highest BCUT2D eigenvalue weighted by atomic mass is 19.1. The predicted molar refractivity (Wildman–Crippen MR) is 61.5 cm³/mol. The van der Waals surface area contributed by atoms with E-state index in [-0.39, 0.29) is 11.9 Å². The van der Waals surface area contributed by atoms with Crippen LogP contribution in [0.1, 0.15) is 25.3 Å². The summed E-state index contributed by atoms with van der Waals surface area (Å²) in [5.74, 6) is -0.318. The minimum Gasteiger partial charge on any atom is -0.494 e. The summed E-state index contributed by atoms with van der Waals surface area (Å²) in [5, 5.41) is 10.5. The Morgan fingerprint density at radius 2 is 2.29 bits per heavy atom. The summed E-state index contributed by atoms with van der Waals surface area (Å²) in [5.41, 5.74) is -0.858. The zero-order valence-electron chi connectivity index (χ0n) is 10.1. The first kappa shape index (κ1) is 12.3. The summed E-state index contributed by atoms with van der Waals surface area (Å²) in [6.45, 7) is 2.32. The Morgan fingerprint density at radius 1 is 1.53 bits per heavy atom. The van der Waals surface area contributed by atoms with Crippen LogP contribution in [0.2, 0.25) is 0 Å². The van der Waals surface area contributed by atoms with Gasteiger partial charge in [-0.05, 0) is 13.0 Å². The molecular weight excluding hydrogens is 223 g/mol. The highest BCUT2D eigenvalue weighted by Gasteiger charge is 2.37. The van der Waals surface area contributed by atoms with Gasteiger partial charge in [-0.25, -0.2) is 4.39 Å². The zero-order chi connectivity index (χ0) is 12.5. The van der Waals surface area contributed by atoms with E-state index in [1.807, 2.05) is 6.92 Å². The Kier molecular flexibility index (Phi) is 3.35. The number of aliphatic hydroxyl groups is 1. The van der Waals surface area contributed by atoms with Crippen LogP contribution in [-0.4, -0.2) is 24.9 Å². The third kappa shape index (κ3) is 2.28. The van der Waals surface area contributed by atoms with Gasteiger partial charge < -0.3 is 14.6 Å². The molecule has 1 heterocycles. The maximum atomic E-state index is 14.1. The van der Waals surface area contributed by atoms with Crippen LogP contribution in [0.4, 0.5) is 4.39 Å². The van der Waals surface area contributed by atoms with Gasteiger partial charge in [-0.3, -0.25) is 0 Å². The number of methoxy groups -OCH3 is 1. The topological polar surface area (TPSA) is 38.7 Å². The first-order chi connectivity index (χ1) is 8.07. The van der Waals surface area contributed by atoms with Gasteiger partial charge in [0.25, 0.3) is 0 Å². The van der Waals surface area contributed by atoms with Gasteiger partial charge in [0.15, 0.2) is 11.6 Å². The smallest absolute Gasteiger partial charge is 0.171 e. The van der Waals surface area contributed by atoms with E-state index in [1.165, 1.54) is 7.11 Å². The van der Waals surface area contributed by atoms with E-state index in [4.69, 9.17) is 9.47 Å². The summed E-state index contributed by atoms with van der Waals surface area (Å²) in [6, 6.07) is 4.84. The Morgan fingerprint density at radius 3 is 2.94 bits per heavy atom. The molecule has 0 radical (unpaired) electrons. The average molecular weight is 240 g/mol. The van der Waals surface area contributed by atoms with Gasteiger partial charge in [-0.1, -0.05) is 12.1 Å². The van der Waals surface area contributed by atoms with Crippen LogP contribution in [0.3, 0.4) is 0 Å². The molecule has 0 saturated carbocycles. The number of halogens is 1. The van der Waals surface area contributed by atoms with Crippen molar-refractivity contribution in [2.45, 2.75) is 31.5 Å². The molecule has 0 aliphatic carbocycles. The Bertz CT molecular complexity index is 408. The third-order valence-corrected chi connectivity index (χ3v) is 3.23. The fraction of sp³-hybridized carbons (Fsp3) is 0.538. The number of hydrogen-bond donors (Lipinski definition) is 1. The average Bonchev–Trinajstić information content (AvgIpc) is 2.28. The Labute approximate surface area is 100 Å². The van der Waals surface area contributed by atoms with E-state index in [0.717, 1.165) is 0 Å². The van der Waals surface area contributed by atoms with Crippen LogP contribution < -0.4 is 4.74 Å². The molecule has 0 aromatic heterocycles. The molecule has 0 amide bonds. The highest BCUT2D eigenvalue weighted by Crippen LogP contribution is 2.37. The molecule has 17 heavy (non-hydrogen) atoms. The van der Waals surface area contributed by atoms with Crippen LogP contribution in [0.15, 0.2) is 18.2 Å². The molecule has 1 aliphatic rings. The molecule has 1 N–H and O–H groups in total. The summed E-state index contributed by atoms with van der Waals surface area (Å²) in [7, 11) is 1.42. The number of ether oxygens (including phenoxy) is 2. The highest BCUT2D eigenvalue weighted by molar-refractivity contribution is 5.35. The molecule has 94 valence electrons. The van der Waals surface area contributed by atoms with Crippen molar-refractivity contribution >= 4 is 0 Å². The number of hydrogen-bond acceptors (Lipinski definition) is 3. The maximum Gasteiger partial charge on any atom is 0.171 e. The van der Waals surface area contributed by atoms with Crippen molar-refractivity contribution in [3.8, 4) is 5.75 Å². The molecule has 3 nitrogen and oxygen atoms in total. The second-order valence-electron chi connectivity index (χ2n) is 4.49. The summed E-state index contributed by atoms with van der Waals surface area (Å²) in [6.07, 6.45) is 0.734. The molecule has 2 atom stereocenters. The van der Waals surface area contributed by atoms with Crippen molar-refractivity contribution in [1.82, 2.24) is 0 Å². The first-order valence-corrected chi connectivity index (χ1v) is 5.74. The molecule has 0 bridgehead atoms. The van der Waals surface area contributed by atoms with Crippen molar-refractivity contribution < 1.29 is 19.0 Å². The van der Waals surface area contributed by atoms with Crippen LogP contribution in [0, 0.1) is 5.82 Å². The molecule has 1 aromatic rings. The second kappa shape index (κ2) is 4.63. The summed E-state index contributed by atoms with van der Waals surface area (Å²) in [4.78, 5) is 0. The molecule has 0 spiro atoms. The van der Waals surface area contributed by atoms with Gasteiger partial charge in [0.05, 0.1) is 25.4 Å². The van der Waals surface area contributed by atoms with E-state index >= 15 is 0 Å². The number of rotatable bonds is 2. The van der Waals surface area contributed by atoms with Gasteiger partial charge >= 0.3 is 0 Å². The lowest BCUT2D eigenvalue weighted by atomic mass is 9.83. The largest absolute Gasteiger partial charge is 0.494 e. The van der Waals surface area contributed by atoms with Gasteiger partial charge in [-0.15, -0.1) is 0 Å². The molecular formula is C13H17FO3. The molecule has 1 saturated heterocycles. The fourth-order valence-electron chi connectivity index (χ4n) is 2.34. The maximum absolute atomic E-state index is 14.1. The molecule has 1 aromatic carbocycles. The van der Waals surface area contributed by atoms with Crippen molar-refractivity contribution in [2.75, 3.05) is 13.7 Å². The summed E-state index contributed by atoms with van der Waals surface area (Å²) < 4.78 is 24.4. The zero-order valence-corrected chi connectivity index (χ0v) is 10.1. The van der Waals surface area contributed by atoms with E-state index < -0.39 is 11.4 Å². The predicted octanol–water partition coefficient (Wildman–Crippen LogP) is 2.22. The van der Waals surface area contributed by atoms with E-state index in [9.17, 15) is 9.50 Å². The quantitative estimate of drug-likeness (QED) is 0.861. The first-order valence-electron chi connectivity index (χ1n) is 5.74. The van der Waals surface area contributed by atoms with Crippen molar-refractivity contribution in [1.29, 1.82) is 0 Å². The second-order valence-corrected chi connectivity index (χ2v) is 4.49. The van der Waals surface area contributed by atoms with E-state index in [2.05, 4.69) is 0 Å². The minimum atomic E-state index is -1.16. The lowest BCUT2D eigenvalue weighted by molar-refractivity contribution is -0.103. The Hall–Kier alpha value is -1.13. The van der Waals surface area contributed by atoms with Crippen LogP contribution in [-0.2, 0) is 10.3 Å². The van der Waals surface area contributed by atoms with Gasteiger partial charge in [0.2, 0.25) is 0 Å². The third-order valence-electron chi connectivity index (χ3n) is 3.23. The van der Waals surface area contributed by atoms with E-state index in [0.29, 0.717) is 25.0 Å². The van der Waals surface area contributed by atoms with Crippen LogP contribution in [0.25, 0.3) is 0 Å². The molecule has 1 aliphatic heterocycles. The van der Waals surface area contributed by atoms with Crippen molar-refractivity contribution in [3.63, 3.8) is 0 Å². The summed E-state index contributed by atoms with van der Waals surface area (Å²) >= 11 is 0. The van der Waals surface area contributed by atoms with E-state index in [1.54, 1.807) is 18.2 Å². The normalized spacial score (nSPS) is 29.1. The van der Waals surface area contributed by atoms with Crippen LogP contribution in [0.5, 0.6) is 5.75 Å². The lowest BCUT2D eigenvalue weighted by Crippen LogP contribution is -2.38. The lowest BCUT2D eigenvalue weighted by Gasteiger charge is -2.36. The van der Waals surface area contributed by atoms with Gasteiger partial charge in [-0.2, -0.15) is 0 Å². The van der Waals surface area contributed by atoms with Crippen molar-refractivity contribution in [2.24, 2.45) is 0 Å². The van der Waals surface area contributed by atoms with Gasteiger partial charge in [0, 0.05) is 18.4 Å². The molecule has 2 rings (SSSR count). The fourth-order valence-corrected chi connectivity index (χ4v) is 2.34. The molecule has 1 fully saturated rings. The van der Waals surface area contributed by atoms with Gasteiger partial charge in [0.1, 0.15) is 0 Å². The monoisotopic (exact) mass is 240 g/mol. The SMILES string of the molecule is COc1cccc(C2(O)CCOC(C)C2)c1F. The number of benzene rings is 1. The molecule has 4 heteroatoms. The molecule has 2 unspecified atom stereocenters. The standard InChI is InChI=1S/C13H17FO3/c1-9-8-13(15,6-7-17-9)10-4-3-5-11(16-2)12(10)14/h3-5,9,15H,6-8H2,1-2H3.